The molecule has 0 spiro atoms. The van der Waals surface area contributed by atoms with E-state index in [-0.39, 0.29) is 58.3 Å². The van der Waals surface area contributed by atoms with Gasteiger partial charge < -0.3 is 10.2 Å². The van der Waals surface area contributed by atoms with Gasteiger partial charge in [-0.1, -0.05) is 64.8 Å². The molecule has 0 amide bonds. The molecule has 0 heterocycles. The second-order valence-corrected chi connectivity index (χ2v) is 12.5. The zero-order valence-corrected chi connectivity index (χ0v) is 24.2. The van der Waals surface area contributed by atoms with E-state index < -0.39 is 0 Å². The fraction of sp³-hybridized carbons (Fsp3) is 0.471. The molecule has 0 saturated heterocycles. The molecule has 0 saturated carbocycles. The first-order valence-corrected chi connectivity index (χ1v) is 14.2. The largest absolute Gasteiger partial charge is 0.396 e. The van der Waals surface area contributed by atoms with Gasteiger partial charge in [-0.15, -0.1) is 0 Å². The smallest absolute Gasteiger partial charge is 0.189 e. The van der Waals surface area contributed by atoms with Crippen LogP contribution in [0.3, 0.4) is 0 Å². The van der Waals surface area contributed by atoms with Gasteiger partial charge in [0.15, 0.2) is 23.1 Å². The van der Waals surface area contributed by atoms with Crippen LogP contribution in [0.1, 0.15) is 90.2 Å². The highest BCUT2D eigenvalue weighted by atomic mass is 16.3. The second-order valence-electron chi connectivity index (χ2n) is 12.5. The first kappa shape index (κ1) is 31.3. The van der Waals surface area contributed by atoms with Gasteiger partial charge in [0.1, 0.15) is 0 Å². The van der Waals surface area contributed by atoms with E-state index in [1.807, 2.05) is 27.7 Å². The summed E-state index contributed by atoms with van der Waals surface area (Å²) >= 11 is 0. The number of rotatable bonds is 14. The molecule has 6 heteroatoms. The number of ketones is 4. The molecule has 2 aliphatic rings. The van der Waals surface area contributed by atoms with Crippen molar-refractivity contribution in [3.8, 4) is 0 Å². The molecule has 2 N–H and O–H groups in total. The predicted molar refractivity (Wildman–Crippen MR) is 157 cm³/mol. The van der Waals surface area contributed by atoms with Crippen molar-refractivity contribution in [2.24, 2.45) is 10.8 Å². The van der Waals surface area contributed by atoms with Crippen molar-refractivity contribution in [1.82, 2.24) is 0 Å². The summed E-state index contributed by atoms with van der Waals surface area (Å²) < 4.78 is 0. The minimum absolute atomic E-state index is 0.0899. The molecule has 0 bridgehead atoms. The molecule has 3 rings (SSSR count). The molecular formula is C34H42O6. The third-order valence-electron chi connectivity index (χ3n) is 7.74. The summed E-state index contributed by atoms with van der Waals surface area (Å²) in [6.45, 7) is 8.14. The van der Waals surface area contributed by atoms with Gasteiger partial charge in [-0.2, -0.15) is 0 Å². The Morgan fingerprint density at radius 3 is 1.30 bits per heavy atom. The third kappa shape index (κ3) is 8.15. The van der Waals surface area contributed by atoms with Crippen LogP contribution in [0, 0.1) is 10.8 Å². The van der Waals surface area contributed by atoms with E-state index >= 15 is 0 Å². The van der Waals surface area contributed by atoms with Gasteiger partial charge >= 0.3 is 0 Å². The maximum absolute atomic E-state index is 13.5. The quantitative estimate of drug-likeness (QED) is 0.227. The minimum Gasteiger partial charge on any atom is -0.396 e. The topological polar surface area (TPSA) is 109 Å². The van der Waals surface area contributed by atoms with E-state index in [4.69, 9.17) is 0 Å². The highest BCUT2D eigenvalue weighted by molar-refractivity contribution is 6.40. The number of unbranched alkanes of at least 4 members (excludes halogenated alkanes) is 2. The summed E-state index contributed by atoms with van der Waals surface area (Å²) in [5.74, 6) is -1.04. The number of Topliss-reactive ketones (excluding diaryl/α,β-unsaturated/α-hetero) is 2. The first-order chi connectivity index (χ1) is 18.9. The highest BCUT2D eigenvalue weighted by Crippen LogP contribution is 2.35. The van der Waals surface area contributed by atoms with Crippen molar-refractivity contribution in [3.63, 3.8) is 0 Å². The van der Waals surface area contributed by atoms with Crippen molar-refractivity contribution >= 4 is 34.3 Å². The van der Waals surface area contributed by atoms with Crippen molar-refractivity contribution < 1.29 is 29.4 Å². The van der Waals surface area contributed by atoms with Crippen LogP contribution in [-0.4, -0.2) is 46.6 Å². The number of hydrogen-bond donors (Lipinski definition) is 2. The third-order valence-corrected chi connectivity index (χ3v) is 7.74. The number of aliphatic hydroxyl groups excluding tert-OH is 2. The maximum atomic E-state index is 13.5. The molecule has 0 aromatic heterocycles. The number of hydrogen-bond acceptors (Lipinski definition) is 6. The summed E-state index contributed by atoms with van der Waals surface area (Å²) in [6, 6.07) is 6.93. The van der Waals surface area contributed by atoms with Gasteiger partial charge in [0.2, 0.25) is 0 Å². The van der Waals surface area contributed by atoms with Crippen LogP contribution in [0.4, 0.5) is 0 Å². The zero-order chi connectivity index (χ0) is 29.5. The Balaban J connectivity index is 1.77. The Hall–Kier alpha value is -3.22. The normalized spacial score (nSPS) is 16.6. The van der Waals surface area contributed by atoms with Crippen molar-refractivity contribution in [2.75, 3.05) is 13.2 Å². The summed E-state index contributed by atoms with van der Waals surface area (Å²) in [7, 11) is 0. The van der Waals surface area contributed by atoms with Gasteiger partial charge in [0.05, 0.1) is 0 Å². The van der Waals surface area contributed by atoms with Crippen LogP contribution >= 0.6 is 0 Å². The molecule has 0 fully saturated rings. The van der Waals surface area contributed by atoms with Gasteiger partial charge in [0.25, 0.3) is 0 Å². The Labute approximate surface area is 237 Å². The molecule has 0 aliphatic heterocycles. The van der Waals surface area contributed by atoms with Gasteiger partial charge in [-0.05, 0) is 84.8 Å². The molecule has 2 aliphatic carbocycles. The average Bonchev–Trinajstić information content (AvgIpc) is 2.92. The summed E-state index contributed by atoms with van der Waals surface area (Å²) in [5, 5.41) is 19.0. The molecule has 1 aromatic rings. The fourth-order valence-electron chi connectivity index (χ4n) is 5.04. The predicted octanol–water partition coefficient (Wildman–Crippen LogP) is 5.77. The molecule has 1 aromatic carbocycles. The average molecular weight is 547 g/mol. The number of carbonyl (C=O) groups is 4. The lowest BCUT2D eigenvalue weighted by atomic mass is 9.81. The number of aliphatic hydroxyl groups is 2. The molecule has 214 valence electrons. The van der Waals surface area contributed by atoms with Crippen LogP contribution in [0.25, 0.3) is 11.1 Å². The van der Waals surface area contributed by atoms with E-state index in [0.29, 0.717) is 48.0 Å². The number of allylic oxidation sites excluding steroid dienone is 8. The SMILES string of the molecule is CC(C)(CO)CCCCC1=CC(=O)C=C(c2ccccc2C2=CC(=O)C=C(CCCCC(C)(C)CO)C2=O)C1=O. The van der Waals surface area contributed by atoms with Crippen molar-refractivity contribution in [2.45, 2.75) is 79.1 Å². The second kappa shape index (κ2) is 13.4. The Morgan fingerprint density at radius 1 is 0.575 bits per heavy atom. The monoisotopic (exact) mass is 546 g/mol. The van der Waals surface area contributed by atoms with Gasteiger partial charge in [-0.3, -0.25) is 19.2 Å². The highest BCUT2D eigenvalue weighted by Gasteiger charge is 2.29. The Morgan fingerprint density at radius 2 is 0.950 bits per heavy atom. The van der Waals surface area contributed by atoms with Crippen LogP contribution in [0.5, 0.6) is 0 Å². The molecule has 0 radical (unpaired) electrons. The van der Waals surface area contributed by atoms with Crippen molar-refractivity contribution in [1.29, 1.82) is 0 Å². The summed E-state index contributed by atoms with van der Waals surface area (Å²) in [4.78, 5) is 52.3. The van der Waals surface area contributed by atoms with Crippen LogP contribution in [0.2, 0.25) is 0 Å². The molecule has 40 heavy (non-hydrogen) atoms. The van der Waals surface area contributed by atoms with E-state index in [2.05, 4.69) is 0 Å². The van der Waals surface area contributed by atoms with E-state index in [1.54, 1.807) is 24.3 Å². The molecule has 6 nitrogen and oxygen atoms in total. The lowest BCUT2D eigenvalue weighted by Gasteiger charge is -2.22. The Kier molecular flexibility index (Phi) is 10.5. The lowest BCUT2D eigenvalue weighted by molar-refractivity contribution is -0.114. The van der Waals surface area contributed by atoms with E-state index in [1.165, 1.54) is 24.3 Å². The molecule has 0 atom stereocenters. The van der Waals surface area contributed by atoms with E-state index in [9.17, 15) is 29.4 Å². The molecule has 0 unspecified atom stereocenters. The van der Waals surface area contributed by atoms with E-state index in [0.717, 1.165) is 25.7 Å². The number of carbonyl (C=O) groups excluding carboxylic acids is 4. The lowest BCUT2D eigenvalue weighted by Crippen LogP contribution is -2.18. The summed E-state index contributed by atoms with van der Waals surface area (Å²) in [6.07, 6.45) is 11.0. The summed E-state index contributed by atoms with van der Waals surface area (Å²) in [5.41, 5.74) is 1.89. The molecular weight excluding hydrogens is 504 g/mol. The van der Waals surface area contributed by atoms with Gasteiger partial charge in [-0.25, -0.2) is 0 Å². The minimum atomic E-state index is -0.276. The van der Waals surface area contributed by atoms with Crippen molar-refractivity contribution in [3.05, 3.63) is 70.8 Å². The van der Waals surface area contributed by atoms with Crippen LogP contribution in [-0.2, 0) is 19.2 Å². The standard InChI is InChI=1S/C34H42O6/c1-33(2,21-35)15-9-7-11-23-17-25(37)19-29(31(23)39)27-13-5-6-14-28(27)30-20-26(38)18-24(32(30)40)12-8-10-16-34(3,4)22-36/h5-6,13-14,17-20,35-36H,7-12,15-16,21-22H2,1-4H3. The Bertz CT molecular complexity index is 1190. The maximum Gasteiger partial charge on any atom is 0.189 e. The fourth-order valence-corrected chi connectivity index (χ4v) is 5.04. The number of benzene rings is 1. The van der Waals surface area contributed by atoms with Crippen LogP contribution < -0.4 is 0 Å². The first-order valence-electron chi connectivity index (χ1n) is 14.2. The van der Waals surface area contributed by atoms with Crippen LogP contribution in [0.15, 0.2) is 59.7 Å². The van der Waals surface area contributed by atoms with Gasteiger partial charge in [0, 0.05) is 35.5 Å². The zero-order valence-electron chi connectivity index (χ0n) is 24.2.